The average molecular weight is 374 g/mol. The lowest BCUT2D eigenvalue weighted by molar-refractivity contribution is -0.149. The Labute approximate surface area is 159 Å². The maximum Gasteiger partial charge on any atom is 0.306 e. The average Bonchev–Trinajstić information content (AvgIpc) is 2.67. The SMILES string of the molecule is CCCCCC(=O)OC(CC)c1cc(OC)c2c(c1OC)C(=O)C=CC2=O. The number of fused-ring (bicyclic) bond motifs is 1. The smallest absolute Gasteiger partial charge is 0.306 e. The minimum Gasteiger partial charge on any atom is -0.496 e. The van der Waals surface area contributed by atoms with Crippen molar-refractivity contribution in [3.63, 3.8) is 0 Å². The van der Waals surface area contributed by atoms with E-state index >= 15 is 0 Å². The second-order valence-electron chi connectivity index (χ2n) is 6.36. The zero-order valence-corrected chi connectivity index (χ0v) is 16.3. The van der Waals surface area contributed by atoms with Crippen LogP contribution in [-0.2, 0) is 9.53 Å². The van der Waals surface area contributed by atoms with Gasteiger partial charge in [0.2, 0.25) is 0 Å². The summed E-state index contributed by atoms with van der Waals surface area (Å²) in [5.74, 6) is -0.441. The number of esters is 1. The van der Waals surface area contributed by atoms with Crippen molar-refractivity contribution in [2.24, 2.45) is 0 Å². The van der Waals surface area contributed by atoms with Gasteiger partial charge in [0.1, 0.15) is 17.6 Å². The number of allylic oxidation sites excluding steroid dienone is 2. The molecule has 1 unspecified atom stereocenters. The third-order valence-corrected chi connectivity index (χ3v) is 4.55. The lowest BCUT2D eigenvalue weighted by Crippen LogP contribution is -2.18. The summed E-state index contributed by atoms with van der Waals surface area (Å²) < 4.78 is 16.5. The third-order valence-electron chi connectivity index (χ3n) is 4.55. The lowest BCUT2D eigenvalue weighted by atomic mass is 9.89. The van der Waals surface area contributed by atoms with Crippen LogP contribution >= 0.6 is 0 Å². The van der Waals surface area contributed by atoms with Crippen LogP contribution in [0.4, 0.5) is 0 Å². The minimum atomic E-state index is -0.595. The van der Waals surface area contributed by atoms with E-state index in [2.05, 4.69) is 6.92 Å². The van der Waals surface area contributed by atoms with Crippen LogP contribution in [-0.4, -0.2) is 31.8 Å². The Bertz CT molecular complexity index is 762. The first-order valence-corrected chi connectivity index (χ1v) is 9.23. The molecule has 0 bridgehead atoms. The molecule has 27 heavy (non-hydrogen) atoms. The van der Waals surface area contributed by atoms with E-state index in [1.165, 1.54) is 26.4 Å². The van der Waals surface area contributed by atoms with Gasteiger partial charge in [-0.25, -0.2) is 0 Å². The van der Waals surface area contributed by atoms with Gasteiger partial charge in [0.15, 0.2) is 11.6 Å². The van der Waals surface area contributed by atoms with Gasteiger partial charge < -0.3 is 14.2 Å². The van der Waals surface area contributed by atoms with Crippen LogP contribution in [0.25, 0.3) is 0 Å². The van der Waals surface area contributed by atoms with Crippen LogP contribution in [0.1, 0.15) is 78.3 Å². The van der Waals surface area contributed by atoms with Gasteiger partial charge in [0.05, 0.1) is 25.3 Å². The van der Waals surface area contributed by atoms with Crippen molar-refractivity contribution in [2.75, 3.05) is 14.2 Å². The Morgan fingerprint density at radius 3 is 2.22 bits per heavy atom. The van der Waals surface area contributed by atoms with Gasteiger partial charge in [0, 0.05) is 12.0 Å². The van der Waals surface area contributed by atoms with E-state index in [0.717, 1.165) is 19.3 Å². The number of methoxy groups -OCH3 is 2. The highest BCUT2D eigenvalue weighted by Gasteiger charge is 2.32. The molecule has 0 radical (unpaired) electrons. The second-order valence-corrected chi connectivity index (χ2v) is 6.36. The molecule has 6 nitrogen and oxygen atoms in total. The van der Waals surface area contributed by atoms with Crippen molar-refractivity contribution in [1.29, 1.82) is 0 Å². The number of ether oxygens (including phenoxy) is 3. The number of benzene rings is 1. The summed E-state index contributed by atoms with van der Waals surface area (Å²) in [6.07, 6.45) is 5.43. The second kappa shape index (κ2) is 9.35. The first-order chi connectivity index (χ1) is 13.0. The molecule has 6 heteroatoms. The van der Waals surface area contributed by atoms with Gasteiger partial charge in [0.25, 0.3) is 0 Å². The molecular formula is C21H26O6. The molecule has 0 amide bonds. The molecule has 0 saturated carbocycles. The van der Waals surface area contributed by atoms with E-state index in [9.17, 15) is 14.4 Å². The molecule has 0 heterocycles. The van der Waals surface area contributed by atoms with E-state index in [1.54, 1.807) is 6.07 Å². The molecule has 146 valence electrons. The highest BCUT2D eigenvalue weighted by Crippen LogP contribution is 2.41. The number of rotatable bonds is 9. The standard InChI is InChI=1S/C21H26O6/c1-5-7-8-9-18(24)27-16(6-2)13-12-17(25-3)19-14(22)10-11-15(23)20(19)21(13)26-4/h10-12,16H,5-9H2,1-4H3. The molecule has 0 N–H and O–H groups in total. The predicted molar refractivity (Wildman–Crippen MR) is 101 cm³/mol. The van der Waals surface area contributed by atoms with Crippen LogP contribution in [0.2, 0.25) is 0 Å². The summed E-state index contributed by atoms with van der Waals surface area (Å²) in [5, 5.41) is 0. The van der Waals surface area contributed by atoms with Gasteiger partial charge in [-0.15, -0.1) is 0 Å². The van der Waals surface area contributed by atoms with E-state index in [4.69, 9.17) is 14.2 Å². The van der Waals surface area contributed by atoms with Gasteiger partial charge in [-0.2, -0.15) is 0 Å². The Hall–Kier alpha value is -2.63. The first kappa shape index (κ1) is 20.7. The largest absolute Gasteiger partial charge is 0.496 e. The molecule has 0 aromatic heterocycles. The molecule has 1 atom stereocenters. The molecule has 0 saturated heterocycles. The van der Waals surface area contributed by atoms with E-state index in [0.29, 0.717) is 18.4 Å². The van der Waals surface area contributed by atoms with Crippen LogP contribution in [0.5, 0.6) is 11.5 Å². The molecule has 0 fully saturated rings. The number of carbonyl (C=O) groups excluding carboxylic acids is 3. The highest BCUT2D eigenvalue weighted by atomic mass is 16.5. The fourth-order valence-corrected chi connectivity index (χ4v) is 3.18. The summed E-state index contributed by atoms with van der Waals surface area (Å²) in [6, 6.07) is 1.62. The fourth-order valence-electron chi connectivity index (χ4n) is 3.18. The maximum absolute atomic E-state index is 12.5. The maximum atomic E-state index is 12.5. The van der Waals surface area contributed by atoms with Gasteiger partial charge >= 0.3 is 5.97 Å². The molecule has 0 spiro atoms. The number of unbranched alkanes of at least 4 members (excludes halogenated alkanes) is 2. The van der Waals surface area contributed by atoms with Crippen molar-refractivity contribution in [2.45, 2.75) is 52.1 Å². The molecule has 1 aliphatic carbocycles. The zero-order valence-electron chi connectivity index (χ0n) is 16.3. The molecule has 1 aromatic carbocycles. The summed E-state index contributed by atoms with van der Waals surface area (Å²) in [7, 11) is 2.86. The van der Waals surface area contributed by atoms with E-state index in [-0.39, 0.29) is 40.2 Å². The molecule has 1 aromatic rings. The number of hydrogen-bond donors (Lipinski definition) is 0. The minimum absolute atomic E-state index is 0.153. The first-order valence-electron chi connectivity index (χ1n) is 9.23. The number of carbonyl (C=O) groups is 3. The highest BCUT2D eigenvalue weighted by molar-refractivity contribution is 6.24. The van der Waals surface area contributed by atoms with E-state index < -0.39 is 6.10 Å². The van der Waals surface area contributed by atoms with Crippen LogP contribution < -0.4 is 9.47 Å². The van der Waals surface area contributed by atoms with Gasteiger partial charge in [-0.3, -0.25) is 14.4 Å². The summed E-state index contributed by atoms with van der Waals surface area (Å²) >= 11 is 0. The fraction of sp³-hybridized carbons (Fsp3) is 0.476. The van der Waals surface area contributed by atoms with Crippen LogP contribution in [0, 0.1) is 0 Å². The molecular weight excluding hydrogens is 348 g/mol. The Kier molecular flexibility index (Phi) is 7.16. The number of hydrogen-bond acceptors (Lipinski definition) is 6. The normalized spacial score (nSPS) is 13.9. The molecule has 1 aliphatic rings. The Morgan fingerprint density at radius 1 is 1.00 bits per heavy atom. The lowest BCUT2D eigenvalue weighted by Gasteiger charge is -2.24. The van der Waals surface area contributed by atoms with Crippen molar-refractivity contribution in [3.8, 4) is 11.5 Å². The summed E-state index contributed by atoms with van der Waals surface area (Å²) in [6.45, 7) is 3.94. The zero-order chi connectivity index (χ0) is 20.0. The molecule has 2 rings (SSSR count). The Morgan fingerprint density at radius 2 is 1.67 bits per heavy atom. The topological polar surface area (TPSA) is 78.9 Å². The summed E-state index contributed by atoms with van der Waals surface area (Å²) in [4.78, 5) is 36.9. The van der Waals surface area contributed by atoms with Gasteiger partial charge in [-0.05, 0) is 31.1 Å². The Balaban J connectivity index is 2.46. The summed E-state index contributed by atoms with van der Waals surface area (Å²) in [5.41, 5.74) is 0.852. The van der Waals surface area contributed by atoms with Crippen molar-refractivity contribution >= 4 is 17.5 Å². The van der Waals surface area contributed by atoms with Crippen molar-refractivity contribution in [1.82, 2.24) is 0 Å². The van der Waals surface area contributed by atoms with E-state index in [1.807, 2.05) is 6.92 Å². The molecule has 0 aliphatic heterocycles. The van der Waals surface area contributed by atoms with Crippen molar-refractivity contribution < 1.29 is 28.6 Å². The van der Waals surface area contributed by atoms with Crippen LogP contribution in [0.15, 0.2) is 18.2 Å². The van der Waals surface area contributed by atoms with Gasteiger partial charge in [-0.1, -0.05) is 26.7 Å². The third kappa shape index (κ3) is 4.38. The quantitative estimate of drug-likeness (QED) is 0.476. The predicted octanol–water partition coefficient (Wildman–Crippen LogP) is 4.21. The number of ketones is 2. The van der Waals surface area contributed by atoms with Crippen LogP contribution in [0.3, 0.4) is 0 Å². The van der Waals surface area contributed by atoms with Crippen molar-refractivity contribution in [3.05, 3.63) is 34.9 Å². The monoisotopic (exact) mass is 374 g/mol.